The number of likely N-dealkylation sites (N-methyl/N-ethyl adjacent to an activating group) is 1. The fraction of sp³-hybridized carbons (Fsp3) is 0.760. The summed E-state index contributed by atoms with van der Waals surface area (Å²) in [5.74, 6) is 1.45. The summed E-state index contributed by atoms with van der Waals surface area (Å²) >= 11 is 0. The van der Waals surface area contributed by atoms with Gasteiger partial charge in [-0.2, -0.15) is 0 Å². The summed E-state index contributed by atoms with van der Waals surface area (Å²) in [6, 6.07) is 7.39. The molecular formula is C25H43N3O3. The lowest BCUT2D eigenvalue weighted by molar-refractivity contribution is 0.0553. The first kappa shape index (κ1) is 24.3. The molecule has 2 aliphatic rings. The minimum absolute atomic E-state index is 0.282. The predicted octanol–water partition coefficient (Wildman–Crippen LogP) is 3.23. The maximum absolute atomic E-state index is 10.5. The second kappa shape index (κ2) is 12.0. The van der Waals surface area contributed by atoms with Crippen molar-refractivity contribution < 1.29 is 14.6 Å². The molecule has 6 heteroatoms. The fourth-order valence-corrected chi connectivity index (χ4v) is 4.87. The van der Waals surface area contributed by atoms with E-state index in [1.807, 2.05) is 6.07 Å². The van der Waals surface area contributed by atoms with Crippen molar-refractivity contribution in [1.82, 2.24) is 14.7 Å². The highest BCUT2D eigenvalue weighted by atomic mass is 16.5. The minimum atomic E-state index is -0.506. The number of aliphatic hydroxyl groups excluding tert-OH is 1. The van der Waals surface area contributed by atoms with Crippen LogP contribution in [0.4, 0.5) is 0 Å². The second-order valence-corrected chi connectivity index (χ2v) is 9.59. The zero-order chi connectivity index (χ0) is 22.2. The van der Waals surface area contributed by atoms with Crippen molar-refractivity contribution >= 4 is 0 Å². The van der Waals surface area contributed by atoms with Crippen LogP contribution < -0.4 is 9.47 Å². The Hall–Kier alpha value is -1.34. The number of piperazine rings is 1. The third-order valence-electron chi connectivity index (χ3n) is 6.90. The van der Waals surface area contributed by atoms with Gasteiger partial charge in [0.1, 0.15) is 12.7 Å². The van der Waals surface area contributed by atoms with Crippen LogP contribution in [0.25, 0.3) is 0 Å². The second-order valence-electron chi connectivity index (χ2n) is 9.59. The zero-order valence-electron chi connectivity index (χ0n) is 20.1. The van der Waals surface area contributed by atoms with Crippen LogP contribution in [-0.4, -0.2) is 91.5 Å². The third kappa shape index (κ3) is 7.35. The van der Waals surface area contributed by atoms with Gasteiger partial charge in [0, 0.05) is 51.4 Å². The molecule has 3 rings (SSSR count). The van der Waals surface area contributed by atoms with Gasteiger partial charge in [0.2, 0.25) is 0 Å². The molecule has 1 N–H and O–H groups in total. The lowest BCUT2D eigenvalue weighted by Gasteiger charge is -2.37. The quantitative estimate of drug-likeness (QED) is 0.611. The summed E-state index contributed by atoms with van der Waals surface area (Å²) in [5, 5.41) is 10.5. The molecular weight excluding hydrogens is 390 g/mol. The number of methoxy groups -OCH3 is 1. The SMILES string of the molecule is COc1cc(CN2CCN(C(C)C)CC2)ccc1OC[C@H](O)CN(C)C1CCCCC1. The first-order valence-electron chi connectivity index (χ1n) is 12.1. The van der Waals surface area contributed by atoms with E-state index in [1.165, 1.54) is 37.7 Å². The van der Waals surface area contributed by atoms with Crippen LogP contribution in [0.3, 0.4) is 0 Å². The van der Waals surface area contributed by atoms with E-state index in [-0.39, 0.29) is 6.61 Å². The predicted molar refractivity (Wildman–Crippen MR) is 126 cm³/mol. The molecule has 6 nitrogen and oxygen atoms in total. The molecule has 1 aliphatic heterocycles. The number of hydrogen-bond donors (Lipinski definition) is 1. The van der Waals surface area contributed by atoms with Crippen molar-refractivity contribution in [2.75, 3.05) is 53.5 Å². The first-order chi connectivity index (χ1) is 15.0. The Morgan fingerprint density at radius 3 is 2.42 bits per heavy atom. The van der Waals surface area contributed by atoms with E-state index in [9.17, 15) is 5.11 Å². The van der Waals surface area contributed by atoms with Gasteiger partial charge in [-0.1, -0.05) is 25.3 Å². The lowest BCUT2D eigenvalue weighted by atomic mass is 9.94. The largest absolute Gasteiger partial charge is 0.493 e. The number of ether oxygens (including phenoxy) is 2. The highest BCUT2D eigenvalue weighted by molar-refractivity contribution is 5.43. The Morgan fingerprint density at radius 2 is 1.77 bits per heavy atom. The first-order valence-corrected chi connectivity index (χ1v) is 12.1. The summed E-state index contributed by atoms with van der Waals surface area (Å²) in [7, 11) is 3.80. The van der Waals surface area contributed by atoms with Crippen LogP contribution in [0.15, 0.2) is 18.2 Å². The maximum atomic E-state index is 10.5. The van der Waals surface area contributed by atoms with Gasteiger partial charge in [-0.25, -0.2) is 0 Å². The highest BCUT2D eigenvalue weighted by Gasteiger charge is 2.21. The molecule has 0 bridgehead atoms. The lowest BCUT2D eigenvalue weighted by Crippen LogP contribution is -2.48. The molecule has 1 heterocycles. The van der Waals surface area contributed by atoms with E-state index in [1.54, 1.807) is 7.11 Å². The van der Waals surface area contributed by atoms with Crippen molar-refractivity contribution in [3.05, 3.63) is 23.8 Å². The molecule has 0 spiro atoms. The van der Waals surface area contributed by atoms with Gasteiger partial charge < -0.3 is 19.5 Å². The van der Waals surface area contributed by atoms with Crippen LogP contribution in [-0.2, 0) is 6.54 Å². The number of hydrogen-bond acceptors (Lipinski definition) is 6. The van der Waals surface area contributed by atoms with Gasteiger partial charge in [0.25, 0.3) is 0 Å². The fourth-order valence-electron chi connectivity index (χ4n) is 4.87. The smallest absolute Gasteiger partial charge is 0.161 e. The highest BCUT2D eigenvalue weighted by Crippen LogP contribution is 2.29. The summed E-state index contributed by atoms with van der Waals surface area (Å²) in [4.78, 5) is 7.33. The molecule has 2 fully saturated rings. The van der Waals surface area contributed by atoms with Crippen molar-refractivity contribution in [3.63, 3.8) is 0 Å². The molecule has 0 unspecified atom stereocenters. The molecule has 1 atom stereocenters. The number of rotatable bonds is 10. The molecule has 0 amide bonds. The molecule has 0 radical (unpaired) electrons. The molecule has 1 aliphatic carbocycles. The van der Waals surface area contributed by atoms with Gasteiger partial charge in [0.05, 0.1) is 7.11 Å². The Bertz CT molecular complexity index is 655. The Balaban J connectivity index is 1.47. The average molecular weight is 434 g/mol. The standard InChI is InChI=1S/C25H43N3O3/c1-20(2)28-14-12-27(13-15-28)17-21-10-11-24(25(16-21)30-4)31-19-23(29)18-26(3)22-8-6-5-7-9-22/h10-11,16,20,22-23,29H,5-9,12-15,17-19H2,1-4H3/t23-/m1/s1. The Labute approximate surface area is 189 Å². The van der Waals surface area contributed by atoms with E-state index in [4.69, 9.17) is 9.47 Å². The van der Waals surface area contributed by atoms with Crippen LogP contribution in [0.5, 0.6) is 11.5 Å². The van der Waals surface area contributed by atoms with Gasteiger partial charge in [-0.3, -0.25) is 9.80 Å². The third-order valence-corrected chi connectivity index (χ3v) is 6.90. The zero-order valence-corrected chi connectivity index (χ0v) is 20.1. The van der Waals surface area contributed by atoms with Gasteiger partial charge in [-0.15, -0.1) is 0 Å². The minimum Gasteiger partial charge on any atom is -0.493 e. The van der Waals surface area contributed by atoms with E-state index in [2.05, 4.69) is 47.7 Å². The Morgan fingerprint density at radius 1 is 1.06 bits per heavy atom. The topological polar surface area (TPSA) is 48.4 Å². The van der Waals surface area contributed by atoms with Crippen LogP contribution in [0.1, 0.15) is 51.5 Å². The van der Waals surface area contributed by atoms with Gasteiger partial charge in [-0.05, 0) is 51.4 Å². The molecule has 1 saturated carbocycles. The number of aliphatic hydroxyl groups is 1. The van der Waals surface area contributed by atoms with Crippen LogP contribution >= 0.6 is 0 Å². The normalized spacial score (nSPS) is 20.4. The number of benzene rings is 1. The van der Waals surface area contributed by atoms with Crippen molar-refractivity contribution in [2.24, 2.45) is 0 Å². The van der Waals surface area contributed by atoms with Crippen molar-refractivity contribution in [1.29, 1.82) is 0 Å². The summed E-state index contributed by atoms with van der Waals surface area (Å²) in [5.41, 5.74) is 1.24. The number of nitrogens with zero attached hydrogens (tertiary/aromatic N) is 3. The molecule has 1 saturated heterocycles. The van der Waals surface area contributed by atoms with Crippen LogP contribution in [0.2, 0.25) is 0 Å². The van der Waals surface area contributed by atoms with E-state index in [0.29, 0.717) is 24.4 Å². The summed E-state index contributed by atoms with van der Waals surface area (Å²) in [6.45, 7) is 10.8. The molecule has 176 valence electrons. The van der Waals surface area contributed by atoms with E-state index < -0.39 is 6.10 Å². The van der Waals surface area contributed by atoms with Crippen LogP contribution in [0, 0.1) is 0 Å². The summed E-state index contributed by atoms with van der Waals surface area (Å²) < 4.78 is 11.5. The van der Waals surface area contributed by atoms with Crippen molar-refractivity contribution in [2.45, 2.75) is 70.7 Å². The van der Waals surface area contributed by atoms with E-state index in [0.717, 1.165) is 38.5 Å². The van der Waals surface area contributed by atoms with E-state index >= 15 is 0 Å². The molecule has 1 aromatic rings. The van der Waals surface area contributed by atoms with Gasteiger partial charge in [0.15, 0.2) is 11.5 Å². The average Bonchev–Trinajstić information content (AvgIpc) is 2.79. The summed E-state index contributed by atoms with van der Waals surface area (Å²) in [6.07, 6.45) is 5.93. The van der Waals surface area contributed by atoms with Gasteiger partial charge >= 0.3 is 0 Å². The van der Waals surface area contributed by atoms with Crippen molar-refractivity contribution in [3.8, 4) is 11.5 Å². The molecule has 31 heavy (non-hydrogen) atoms. The maximum Gasteiger partial charge on any atom is 0.161 e. The monoisotopic (exact) mass is 433 g/mol. The Kier molecular flexibility index (Phi) is 9.45. The molecule has 0 aromatic heterocycles. The molecule has 1 aromatic carbocycles.